The molecule has 1 unspecified atom stereocenters. The fraction of sp³-hybridized carbons (Fsp3) is 0.357. The number of hydrogen-bond acceptors (Lipinski definition) is 3. The van der Waals surface area contributed by atoms with Crippen molar-refractivity contribution in [3.8, 4) is 11.5 Å². The summed E-state index contributed by atoms with van der Waals surface area (Å²) in [6, 6.07) is 5.92. The van der Waals surface area contributed by atoms with Gasteiger partial charge in [-0.05, 0) is 37.2 Å². The number of carbonyl (C=O) groups is 1. The van der Waals surface area contributed by atoms with Crippen LogP contribution in [0.3, 0.4) is 0 Å². The number of fused-ring (bicyclic) bond motifs is 1. The van der Waals surface area contributed by atoms with Crippen molar-refractivity contribution in [2.45, 2.75) is 26.3 Å². The SMILES string of the molecule is C=CN(C(C)=O)C(C)Cc1ccc2c(c1)OCO2. The van der Waals surface area contributed by atoms with Crippen molar-refractivity contribution >= 4 is 5.91 Å². The van der Waals surface area contributed by atoms with Gasteiger partial charge in [-0.1, -0.05) is 12.6 Å². The second-order valence-electron chi connectivity index (χ2n) is 4.35. The van der Waals surface area contributed by atoms with Gasteiger partial charge in [-0.2, -0.15) is 0 Å². The Morgan fingerprint density at radius 3 is 2.89 bits per heavy atom. The van der Waals surface area contributed by atoms with Gasteiger partial charge in [0.15, 0.2) is 11.5 Å². The Kier molecular flexibility index (Phi) is 3.55. The van der Waals surface area contributed by atoms with E-state index in [1.165, 1.54) is 6.92 Å². The molecule has 4 heteroatoms. The van der Waals surface area contributed by atoms with Crippen LogP contribution < -0.4 is 9.47 Å². The molecule has 0 saturated heterocycles. The van der Waals surface area contributed by atoms with Crippen LogP contribution >= 0.6 is 0 Å². The molecule has 0 bridgehead atoms. The zero-order chi connectivity index (χ0) is 13.1. The summed E-state index contributed by atoms with van der Waals surface area (Å²) in [4.78, 5) is 13.0. The Balaban J connectivity index is 2.09. The van der Waals surface area contributed by atoms with E-state index in [1.807, 2.05) is 25.1 Å². The number of nitrogens with zero attached hydrogens (tertiary/aromatic N) is 1. The number of rotatable bonds is 4. The predicted octanol–water partition coefficient (Wildman–Crippen LogP) is 2.34. The Labute approximate surface area is 107 Å². The predicted molar refractivity (Wildman–Crippen MR) is 68.4 cm³/mol. The van der Waals surface area contributed by atoms with E-state index in [4.69, 9.17) is 9.47 Å². The molecule has 1 aromatic rings. The quantitative estimate of drug-likeness (QED) is 0.819. The number of carbonyl (C=O) groups excluding carboxylic acids is 1. The maximum absolute atomic E-state index is 11.4. The Morgan fingerprint density at radius 1 is 1.50 bits per heavy atom. The lowest BCUT2D eigenvalue weighted by molar-refractivity contribution is -0.127. The summed E-state index contributed by atoms with van der Waals surface area (Å²) in [5.74, 6) is 1.55. The van der Waals surface area contributed by atoms with Gasteiger partial charge < -0.3 is 14.4 Å². The molecule has 96 valence electrons. The van der Waals surface area contributed by atoms with Crippen LogP contribution in [0.1, 0.15) is 19.4 Å². The van der Waals surface area contributed by atoms with Crippen LogP contribution in [0.25, 0.3) is 0 Å². The average Bonchev–Trinajstić information content (AvgIpc) is 2.76. The monoisotopic (exact) mass is 247 g/mol. The van der Waals surface area contributed by atoms with Crippen molar-refractivity contribution in [2.75, 3.05) is 6.79 Å². The number of benzene rings is 1. The van der Waals surface area contributed by atoms with E-state index in [2.05, 4.69) is 6.58 Å². The van der Waals surface area contributed by atoms with Crippen LogP contribution in [0.15, 0.2) is 31.0 Å². The van der Waals surface area contributed by atoms with E-state index in [0.717, 1.165) is 23.5 Å². The number of ether oxygens (including phenoxy) is 2. The Hall–Kier alpha value is -1.97. The minimum Gasteiger partial charge on any atom is -0.454 e. The first-order valence-electron chi connectivity index (χ1n) is 5.92. The summed E-state index contributed by atoms with van der Waals surface area (Å²) in [7, 11) is 0. The van der Waals surface area contributed by atoms with E-state index in [-0.39, 0.29) is 18.7 Å². The maximum Gasteiger partial charge on any atom is 0.231 e. The van der Waals surface area contributed by atoms with Gasteiger partial charge in [-0.3, -0.25) is 4.79 Å². The molecule has 0 saturated carbocycles. The van der Waals surface area contributed by atoms with Gasteiger partial charge in [0.2, 0.25) is 12.7 Å². The molecule has 0 radical (unpaired) electrons. The molecule has 4 nitrogen and oxygen atoms in total. The highest BCUT2D eigenvalue weighted by Crippen LogP contribution is 2.32. The maximum atomic E-state index is 11.4. The third-order valence-corrected chi connectivity index (χ3v) is 3.00. The molecule has 0 N–H and O–H groups in total. The lowest BCUT2D eigenvalue weighted by atomic mass is 10.1. The fourth-order valence-electron chi connectivity index (χ4n) is 2.13. The van der Waals surface area contributed by atoms with Crippen molar-refractivity contribution in [1.29, 1.82) is 0 Å². The second kappa shape index (κ2) is 5.12. The summed E-state index contributed by atoms with van der Waals surface area (Å²) in [6.07, 6.45) is 2.32. The molecule has 18 heavy (non-hydrogen) atoms. The molecule has 1 atom stereocenters. The molecule has 0 fully saturated rings. The summed E-state index contributed by atoms with van der Waals surface area (Å²) >= 11 is 0. The Bertz CT molecular complexity index is 470. The molecule has 2 rings (SSSR count). The summed E-state index contributed by atoms with van der Waals surface area (Å²) in [5.41, 5.74) is 1.11. The zero-order valence-corrected chi connectivity index (χ0v) is 10.7. The lowest BCUT2D eigenvalue weighted by Crippen LogP contribution is -2.33. The van der Waals surface area contributed by atoms with Crippen LogP contribution in [-0.4, -0.2) is 23.6 Å². The minimum absolute atomic E-state index is 0.00163. The van der Waals surface area contributed by atoms with Gasteiger partial charge in [-0.25, -0.2) is 0 Å². The number of amides is 1. The summed E-state index contributed by atoms with van der Waals surface area (Å²) in [5, 5.41) is 0. The van der Waals surface area contributed by atoms with E-state index >= 15 is 0 Å². The largest absolute Gasteiger partial charge is 0.454 e. The van der Waals surface area contributed by atoms with Crippen molar-refractivity contribution in [3.63, 3.8) is 0 Å². The van der Waals surface area contributed by atoms with Crippen LogP contribution in [0.4, 0.5) is 0 Å². The first-order valence-corrected chi connectivity index (χ1v) is 5.92. The molecular weight excluding hydrogens is 230 g/mol. The van der Waals surface area contributed by atoms with Crippen molar-refractivity contribution in [1.82, 2.24) is 4.90 Å². The highest BCUT2D eigenvalue weighted by atomic mass is 16.7. The van der Waals surface area contributed by atoms with Gasteiger partial charge in [0.25, 0.3) is 0 Å². The minimum atomic E-state index is -0.00163. The molecule has 0 spiro atoms. The normalized spacial score (nSPS) is 14.1. The first-order chi connectivity index (χ1) is 8.61. The molecule has 1 heterocycles. The smallest absolute Gasteiger partial charge is 0.231 e. The van der Waals surface area contributed by atoms with Crippen LogP contribution in [0.5, 0.6) is 11.5 Å². The third kappa shape index (κ3) is 2.47. The fourth-order valence-corrected chi connectivity index (χ4v) is 2.13. The van der Waals surface area contributed by atoms with Crippen molar-refractivity contribution in [3.05, 3.63) is 36.5 Å². The highest BCUT2D eigenvalue weighted by Gasteiger charge is 2.17. The van der Waals surface area contributed by atoms with Gasteiger partial charge in [0, 0.05) is 13.0 Å². The summed E-state index contributed by atoms with van der Waals surface area (Å²) < 4.78 is 10.6. The van der Waals surface area contributed by atoms with Gasteiger partial charge in [0.05, 0.1) is 0 Å². The third-order valence-electron chi connectivity index (χ3n) is 3.00. The van der Waals surface area contributed by atoms with E-state index < -0.39 is 0 Å². The molecule has 0 aromatic heterocycles. The first kappa shape index (κ1) is 12.5. The zero-order valence-electron chi connectivity index (χ0n) is 10.7. The Morgan fingerprint density at radius 2 is 2.22 bits per heavy atom. The topological polar surface area (TPSA) is 38.8 Å². The van der Waals surface area contributed by atoms with E-state index in [1.54, 1.807) is 11.1 Å². The van der Waals surface area contributed by atoms with E-state index in [9.17, 15) is 4.79 Å². The van der Waals surface area contributed by atoms with Crippen LogP contribution in [-0.2, 0) is 11.2 Å². The van der Waals surface area contributed by atoms with Gasteiger partial charge >= 0.3 is 0 Å². The molecule has 0 aliphatic carbocycles. The van der Waals surface area contributed by atoms with Gasteiger partial charge in [-0.15, -0.1) is 0 Å². The van der Waals surface area contributed by atoms with Crippen LogP contribution in [0, 0.1) is 0 Å². The molecule has 1 aliphatic heterocycles. The molecule has 1 aromatic carbocycles. The summed E-state index contributed by atoms with van der Waals surface area (Å²) in [6.45, 7) is 7.47. The highest BCUT2D eigenvalue weighted by molar-refractivity contribution is 5.74. The molecule has 1 amide bonds. The van der Waals surface area contributed by atoms with Crippen molar-refractivity contribution < 1.29 is 14.3 Å². The molecular formula is C14H17NO3. The lowest BCUT2D eigenvalue weighted by Gasteiger charge is -2.24. The average molecular weight is 247 g/mol. The standard InChI is InChI=1S/C14H17NO3/c1-4-15(11(3)16)10(2)7-12-5-6-13-14(8-12)18-9-17-13/h4-6,8,10H,1,7,9H2,2-3H3. The van der Waals surface area contributed by atoms with Gasteiger partial charge in [0.1, 0.15) is 0 Å². The number of hydrogen-bond donors (Lipinski definition) is 0. The second-order valence-corrected chi connectivity index (χ2v) is 4.35. The van der Waals surface area contributed by atoms with Crippen LogP contribution in [0.2, 0.25) is 0 Å². The van der Waals surface area contributed by atoms with Crippen molar-refractivity contribution in [2.24, 2.45) is 0 Å². The van der Waals surface area contributed by atoms with E-state index in [0.29, 0.717) is 0 Å². The molecule has 1 aliphatic rings.